The van der Waals surface area contributed by atoms with E-state index in [0.29, 0.717) is 80.1 Å². The molecule has 0 unspecified atom stereocenters. The number of alkyl halides is 6. The fourth-order valence-electron chi connectivity index (χ4n) is 6.86. The number of thioether (sulfide) groups is 1. The van der Waals surface area contributed by atoms with Gasteiger partial charge in [-0.05, 0) is 79.5 Å². The topological polar surface area (TPSA) is 191 Å². The highest BCUT2D eigenvalue weighted by molar-refractivity contribution is 7.98. The number of aryl methyl sites for hydroxylation is 2. The van der Waals surface area contributed by atoms with Crippen LogP contribution in [0.1, 0.15) is 22.8 Å². The predicted molar refractivity (Wildman–Crippen MR) is 272 cm³/mol. The second-order valence-electron chi connectivity index (χ2n) is 19.0. The van der Waals surface area contributed by atoms with Crippen molar-refractivity contribution in [1.29, 1.82) is 0 Å². The van der Waals surface area contributed by atoms with E-state index in [1.54, 1.807) is 59.7 Å². The largest absolute Gasteiger partial charge is 0.419 e. The Morgan fingerprint density at radius 2 is 1.07 bits per heavy atom. The summed E-state index contributed by atoms with van der Waals surface area (Å²) < 4.78 is 131. The summed E-state index contributed by atoms with van der Waals surface area (Å²) in [4.78, 5) is 33.5. The zero-order chi connectivity index (χ0) is 52.6. The van der Waals surface area contributed by atoms with Crippen LogP contribution in [-0.4, -0.2) is 108 Å². The van der Waals surface area contributed by atoms with E-state index in [1.807, 2.05) is 0 Å². The van der Waals surface area contributed by atoms with Crippen LogP contribution in [0.3, 0.4) is 0 Å². The summed E-state index contributed by atoms with van der Waals surface area (Å²) in [5.41, 5.74) is -0.431. The maximum Gasteiger partial charge on any atom is 0.419 e. The molecule has 0 saturated heterocycles. The van der Waals surface area contributed by atoms with Gasteiger partial charge in [0, 0.05) is 82.3 Å². The molecule has 28 heteroatoms. The lowest BCUT2D eigenvalue weighted by molar-refractivity contribution is -0.138. The quantitative estimate of drug-likeness (QED) is 0.0292. The number of halogens is 6. The summed E-state index contributed by atoms with van der Waals surface area (Å²) in [7, 11) is -6.62. The van der Waals surface area contributed by atoms with Gasteiger partial charge < -0.3 is 18.6 Å². The van der Waals surface area contributed by atoms with Crippen LogP contribution in [0.2, 0.25) is 51.4 Å². The Bertz CT molecular complexity index is 3350. The number of sulfone groups is 1. The van der Waals surface area contributed by atoms with Gasteiger partial charge >= 0.3 is 12.4 Å². The van der Waals surface area contributed by atoms with Crippen molar-refractivity contribution in [1.82, 2.24) is 57.8 Å². The van der Waals surface area contributed by atoms with E-state index in [-0.39, 0.29) is 29.9 Å². The molecule has 0 aliphatic rings. The fraction of sp³-hybridized carbons (Fsp3) is 0.409. The van der Waals surface area contributed by atoms with Gasteiger partial charge in [0.2, 0.25) is 15.0 Å². The van der Waals surface area contributed by atoms with Crippen molar-refractivity contribution in [3.05, 3.63) is 71.8 Å². The van der Waals surface area contributed by atoms with Crippen LogP contribution >= 0.6 is 34.8 Å². The lowest BCUT2D eigenvalue weighted by Gasteiger charge is -2.15. The normalized spacial score (nSPS) is 12.8. The molecule has 0 spiro atoms. The highest BCUT2D eigenvalue weighted by atomic mass is 32.2. The van der Waals surface area contributed by atoms with Gasteiger partial charge in [0.15, 0.2) is 15.2 Å². The molecule has 0 aromatic carbocycles. The average Bonchev–Trinajstić information content (AvgIpc) is 4.10. The first-order chi connectivity index (χ1) is 33.6. The predicted octanol–water partition coefficient (Wildman–Crippen LogP) is 11.4. The molecular formula is C44H50F6N12O4S4Si2. The summed E-state index contributed by atoms with van der Waals surface area (Å²) >= 11 is 3.57. The standard InChI is InChI=1S/C22H25F3N6O3S2Si.C22H25F3N6OS2Si/c1-13-27-20(35-30-13)17-7-6-14-15(11-31(19(14)28-17)12-34-8-9-37(3,4)5)18-16(22(23,24)25)10-26-21(29-18)36(2,32)33;1-13-27-20(34-30-13)17-7-6-14-15(18-16(22(23,24)25)10-26-21(29-18)33-2)11-31(19(14)28-17)12-32-8-9-35(3,4)5/h6-7,10-11H,8-9,12H2,1-5H3;6-7,10-11H,8-9,12H2,1-5H3. The molecule has 0 bridgehead atoms. The number of pyridine rings is 2. The van der Waals surface area contributed by atoms with Gasteiger partial charge in [0.25, 0.3) is 0 Å². The molecule has 0 aliphatic heterocycles. The third-order valence-electron chi connectivity index (χ3n) is 10.6. The second kappa shape index (κ2) is 21.4. The minimum absolute atomic E-state index is 0.0396. The molecule has 0 radical (unpaired) electrons. The van der Waals surface area contributed by atoms with Crippen molar-refractivity contribution in [3.63, 3.8) is 0 Å². The van der Waals surface area contributed by atoms with E-state index >= 15 is 0 Å². The number of nitrogens with zero attached hydrogens (tertiary/aromatic N) is 12. The SMILES string of the molecule is CSc1ncc(C(F)(F)F)c(-c2cn(COCC[Si](C)(C)C)c3nc(-c4nc(C)ns4)ccc23)n1.Cc1nsc(-c2ccc3c(-c4nc(S(C)(=O)=O)ncc4C(F)(F)F)cn(COCC[Si](C)(C)C)c3n2)n1. The van der Waals surface area contributed by atoms with E-state index in [4.69, 9.17) is 14.5 Å². The summed E-state index contributed by atoms with van der Waals surface area (Å²) in [6, 6.07) is 8.63. The minimum Gasteiger partial charge on any atom is -0.361 e. The molecule has 0 aliphatic carbocycles. The van der Waals surface area contributed by atoms with Crippen LogP contribution in [-0.2, 0) is 45.1 Å². The van der Waals surface area contributed by atoms with E-state index in [1.165, 1.54) is 29.5 Å². The first-order valence-electron chi connectivity index (χ1n) is 22.0. The highest BCUT2D eigenvalue weighted by Crippen LogP contribution is 2.42. The maximum absolute atomic E-state index is 13.9. The second-order valence-corrected chi connectivity index (χ2v) is 34.4. The summed E-state index contributed by atoms with van der Waals surface area (Å²) in [5, 5.41) is 1.65. The molecule has 0 atom stereocenters. The fourth-order valence-corrected chi connectivity index (χ4v) is 10.5. The van der Waals surface area contributed by atoms with Crippen molar-refractivity contribution in [3.8, 4) is 43.9 Å². The van der Waals surface area contributed by atoms with E-state index < -0.39 is 60.3 Å². The Morgan fingerprint density at radius 1 is 0.639 bits per heavy atom. The number of aromatic nitrogens is 12. The first-order valence-corrected chi connectivity index (χ1v) is 34.1. The Hall–Kier alpha value is -5.11. The van der Waals surface area contributed by atoms with Crippen LogP contribution < -0.4 is 0 Å². The molecule has 8 rings (SSSR count). The maximum atomic E-state index is 13.9. The number of fused-ring (bicyclic) bond motifs is 2. The Morgan fingerprint density at radius 3 is 1.44 bits per heavy atom. The average molecular weight is 1110 g/mol. The van der Waals surface area contributed by atoms with Crippen molar-refractivity contribution >= 4 is 82.9 Å². The molecule has 16 nitrogen and oxygen atoms in total. The minimum atomic E-state index is -4.81. The van der Waals surface area contributed by atoms with Gasteiger partial charge in [-0.1, -0.05) is 51.0 Å². The summed E-state index contributed by atoms with van der Waals surface area (Å²) in [6.45, 7) is 18.2. The lowest BCUT2D eigenvalue weighted by atomic mass is 10.1. The van der Waals surface area contributed by atoms with Crippen LogP contribution in [0.15, 0.2) is 59.4 Å². The zero-order valence-electron chi connectivity index (χ0n) is 40.8. The lowest BCUT2D eigenvalue weighted by Crippen LogP contribution is -2.22. The van der Waals surface area contributed by atoms with Crippen LogP contribution in [0, 0.1) is 13.8 Å². The summed E-state index contributed by atoms with van der Waals surface area (Å²) in [6.07, 6.45) is -2.44. The van der Waals surface area contributed by atoms with Gasteiger partial charge in [-0.2, -0.15) is 35.1 Å². The molecule has 8 aromatic heterocycles. The van der Waals surface area contributed by atoms with Crippen molar-refractivity contribution in [2.24, 2.45) is 0 Å². The van der Waals surface area contributed by atoms with Gasteiger partial charge in [-0.25, -0.2) is 48.3 Å². The number of rotatable bonds is 16. The Kier molecular flexibility index (Phi) is 16.2. The molecular weight excluding hydrogens is 1060 g/mol. The van der Waals surface area contributed by atoms with Crippen LogP contribution in [0.25, 0.3) is 66.0 Å². The third kappa shape index (κ3) is 13.3. The number of hydrogen-bond acceptors (Lipinski definition) is 17. The van der Waals surface area contributed by atoms with Crippen molar-refractivity contribution < 1.29 is 44.2 Å². The van der Waals surface area contributed by atoms with Gasteiger partial charge in [-0.15, -0.1) is 0 Å². The van der Waals surface area contributed by atoms with Crippen LogP contribution in [0.4, 0.5) is 26.3 Å². The molecule has 0 saturated carbocycles. The van der Waals surface area contributed by atoms with Gasteiger partial charge in [0.1, 0.15) is 58.9 Å². The Labute approximate surface area is 425 Å². The first kappa shape index (κ1) is 54.7. The molecule has 8 heterocycles. The summed E-state index contributed by atoms with van der Waals surface area (Å²) in [5.74, 6) is 1.22. The molecule has 8 aromatic rings. The Balaban J connectivity index is 0.000000212. The molecule has 0 amide bonds. The van der Waals surface area contributed by atoms with Crippen LogP contribution in [0.5, 0.6) is 0 Å². The smallest absolute Gasteiger partial charge is 0.361 e. The monoisotopic (exact) mass is 1110 g/mol. The van der Waals surface area contributed by atoms with E-state index in [2.05, 4.69) is 82.9 Å². The third-order valence-corrected chi connectivity index (χ3v) is 17.0. The molecule has 72 heavy (non-hydrogen) atoms. The molecule has 384 valence electrons. The van der Waals surface area contributed by atoms with E-state index in [9.17, 15) is 34.8 Å². The van der Waals surface area contributed by atoms with Crippen molar-refractivity contribution in [2.75, 3.05) is 25.7 Å². The molecule has 0 fully saturated rings. The van der Waals surface area contributed by atoms with Gasteiger partial charge in [0.05, 0.1) is 11.4 Å². The van der Waals surface area contributed by atoms with Crippen molar-refractivity contribution in [2.45, 2.75) is 101 Å². The number of ether oxygens (including phenoxy) is 2. The highest BCUT2D eigenvalue weighted by Gasteiger charge is 2.38. The zero-order valence-corrected chi connectivity index (χ0v) is 46.0. The molecule has 0 N–H and O–H groups in total. The van der Waals surface area contributed by atoms with E-state index in [0.717, 1.165) is 36.1 Å². The number of hydrogen-bond donors (Lipinski definition) is 0. The van der Waals surface area contributed by atoms with Gasteiger partial charge in [-0.3, -0.25) is 0 Å².